The van der Waals surface area contributed by atoms with E-state index in [1.54, 1.807) is 6.92 Å². The Hall–Kier alpha value is -2.45. The van der Waals surface area contributed by atoms with Crippen molar-refractivity contribution >= 4 is 21.6 Å². The van der Waals surface area contributed by atoms with Crippen LogP contribution in [0.3, 0.4) is 0 Å². The van der Waals surface area contributed by atoms with Gasteiger partial charge >= 0.3 is 0 Å². The average molecular weight is 408 g/mol. The predicted molar refractivity (Wildman–Crippen MR) is 107 cm³/mol. The molecule has 0 heterocycles. The number of ether oxygens (including phenoxy) is 1. The molecule has 2 aromatic rings. The standard InChI is InChI=1S/C20H25FN2O4S/c1-3-19(23(28(2,25)26)18-11-9-17(21)10-12-18)20(24)22-13-14-27-15-16-7-5-4-6-8-16/h4-12,19H,3,13-15H2,1-2H3,(H,22,24)/t19-/m1/s1. The number of benzene rings is 2. The summed E-state index contributed by atoms with van der Waals surface area (Å²) < 4.78 is 44.3. The lowest BCUT2D eigenvalue weighted by Crippen LogP contribution is -2.49. The Balaban J connectivity index is 1.96. The zero-order chi connectivity index (χ0) is 20.6. The number of nitrogens with zero attached hydrogens (tertiary/aromatic N) is 1. The molecule has 0 aromatic heterocycles. The van der Waals surface area contributed by atoms with Crippen LogP contribution in [0.15, 0.2) is 54.6 Å². The minimum absolute atomic E-state index is 0.242. The maximum atomic E-state index is 13.2. The van der Waals surface area contributed by atoms with Crippen LogP contribution >= 0.6 is 0 Å². The maximum Gasteiger partial charge on any atom is 0.243 e. The fourth-order valence-electron chi connectivity index (χ4n) is 2.78. The fraction of sp³-hybridized carbons (Fsp3) is 0.350. The molecule has 1 atom stereocenters. The molecule has 0 aliphatic heterocycles. The highest BCUT2D eigenvalue weighted by atomic mass is 32.2. The first-order chi connectivity index (χ1) is 13.3. The van der Waals surface area contributed by atoms with Crippen LogP contribution in [0.2, 0.25) is 0 Å². The maximum absolute atomic E-state index is 13.2. The number of sulfonamides is 1. The van der Waals surface area contributed by atoms with E-state index in [1.165, 1.54) is 12.1 Å². The van der Waals surface area contributed by atoms with Gasteiger partial charge in [-0.2, -0.15) is 0 Å². The molecular weight excluding hydrogens is 383 g/mol. The largest absolute Gasteiger partial charge is 0.375 e. The van der Waals surface area contributed by atoms with E-state index in [1.807, 2.05) is 30.3 Å². The number of hydrogen-bond acceptors (Lipinski definition) is 4. The number of amides is 1. The van der Waals surface area contributed by atoms with Crippen molar-refractivity contribution in [2.45, 2.75) is 26.0 Å². The van der Waals surface area contributed by atoms with Gasteiger partial charge in [-0.15, -0.1) is 0 Å². The molecule has 0 unspecified atom stereocenters. The van der Waals surface area contributed by atoms with Gasteiger partial charge in [0.15, 0.2) is 0 Å². The Labute approximate surface area is 165 Å². The number of hydrogen-bond donors (Lipinski definition) is 1. The zero-order valence-electron chi connectivity index (χ0n) is 16.0. The Morgan fingerprint density at radius 1 is 1.14 bits per heavy atom. The van der Waals surface area contributed by atoms with Crippen molar-refractivity contribution < 1.29 is 22.3 Å². The van der Waals surface area contributed by atoms with Crippen LogP contribution in [0, 0.1) is 5.82 Å². The lowest BCUT2D eigenvalue weighted by Gasteiger charge is -2.30. The first kappa shape index (κ1) is 21.8. The molecule has 6 nitrogen and oxygen atoms in total. The third-order valence-electron chi connectivity index (χ3n) is 4.07. The summed E-state index contributed by atoms with van der Waals surface area (Å²) in [4.78, 5) is 12.6. The van der Waals surface area contributed by atoms with Crippen LogP contribution in [0.4, 0.5) is 10.1 Å². The fourth-order valence-corrected chi connectivity index (χ4v) is 3.99. The highest BCUT2D eigenvalue weighted by molar-refractivity contribution is 7.92. The van der Waals surface area contributed by atoms with Crippen molar-refractivity contribution in [1.82, 2.24) is 5.32 Å². The zero-order valence-corrected chi connectivity index (χ0v) is 16.8. The molecule has 0 saturated heterocycles. The molecule has 0 aliphatic carbocycles. The molecule has 0 saturated carbocycles. The number of anilines is 1. The lowest BCUT2D eigenvalue weighted by molar-refractivity contribution is -0.122. The van der Waals surface area contributed by atoms with Crippen molar-refractivity contribution in [2.24, 2.45) is 0 Å². The number of rotatable bonds is 10. The number of halogens is 1. The normalized spacial score (nSPS) is 12.4. The van der Waals surface area contributed by atoms with Crippen LogP contribution in [0.5, 0.6) is 0 Å². The first-order valence-corrected chi connectivity index (χ1v) is 10.8. The quantitative estimate of drug-likeness (QED) is 0.614. The van der Waals surface area contributed by atoms with Gasteiger partial charge in [-0.05, 0) is 36.2 Å². The smallest absolute Gasteiger partial charge is 0.243 e. The van der Waals surface area contributed by atoms with Crippen molar-refractivity contribution in [2.75, 3.05) is 23.7 Å². The molecule has 0 aliphatic rings. The number of nitrogens with one attached hydrogen (secondary N) is 1. The summed E-state index contributed by atoms with van der Waals surface area (Å²) in [5, 5.41) is 2.71. The Morgan fingerprint density at radius 3 is 2.36 bits per heavy atom. The van der Waals surface area contributed by atoms with E-state index in [2.05, 4.69) is 5.32 Å². The van der Waals surface area contributed by atoms with Gasteiger partial charge in [0.05, 0.1) is 25.2 Å². The van der Waals surface area contributed by atoms with Crippen molar-refractivity contribution in [3.8, 4) is 0 Å². The summed E-state index contributed by atoms with van der Waals surface area (Å²) >= 11 is 0. The molecule has 0 fully saturated rings. The molecule has 0 radical (unpaired) electrons. The summed E-state index contributed by atoms with van der Waals surface area (Å²) in [6.07, 6.45) is 1.29. The van der Waals surface area contributed by atoms with E-state index < -0.39 is 27.8 Å². The van der Waals surface area contributed by atoms with E-state index in [0.29, 0.717) is 13.2 Å². The highest BCUT2D eigenvalue weighted by Crippen LogP contribution is 2.22. The Morgan fingerprint density at radius 2 is 1.79 bits per heavy atom. The summed E-state index contributed by atoms with van der Waals surface area (Å²) in [6.45, 7) is 2.70. The number of carbonyl (C=O) groups excluding carboxylic acids is 1. The van der Waals surface area contributed by atoms with E-state index >= 15 is 0 Å². The lowest BCUT2D eigenvalue weighted by atomic mass is 10.2. The van der Waals surface area contributed by atoms with Crippen LogP contribution in [-0.2, 0) is 26.2 Å². The SMILES string of the molecule is CC[C@H](C(=O)NCCOCc1ccccc1)N(c1ccc(F)cc1)S(C)(=O)=O. The van der Waals surface area contributed by atoms with Crippen molar-refractivity contribution in [3.05, 3.63) is 66.0 Å². The molecule has 0 spiro atoms. The molecule has 8 heteroatoms. The van der Waals surface area contributed by atoms with Crippen LogP contribution < -0.4 is 9.62 Å². The molecule has 28 heavy (non-hydrogen) atoms. The molecule has 2 rings (SSSR count). The van der Waals surface area contributed by atoms with Crippen LogP contribution in [0.25, 0.3) is 0 Å². The molecule has 2 aromatic carbocycles. The second kappa shape index (κ2) is 10.2. The number of carbonyl (C=O) groups is 1. The summed E-state index contributed by atoms with van der Waals surface area (Å²) in [7, 11) is -3.74. The van der Waals surface area contributed by atoms with E-state index in [-0.39, 0.29) is 18.7 Å². The minimum atomic E-state index is -3.74. The van der Waals surface area contributed by atoms with E-state index in [0.717, 1.165) is 28.3 Å². The molecule has 0 bridgehead atoms. The van der Waals surface area contributed by atoms with Gasteiger partial charge in [0.2, 0.25) is 15.9 Å². The third kappa shape index (κ3) is 6.31. The van der Waals surface area contributed by atoms with E-state index in [4.69, 9.17) is 4.74 Å². The average Bonchev–Trinajstić information content (AvgIpc) is 2.66. The van der Waals surface area contributed by atoms with Gasteiger partial charge in [0.25, 0.3) is 0 Å². The topological polar surface area (TPSA) is 75.7 Å². The monoisotopic (exact) mass is 408 g/mol. The van der Waals surface area contributed by atoms with Crippen LogP contribution in [0.1, 0.15) is 18.9 Å². The first-order valence-electron chi connectivity index (χ1n) is 8.97. The van der Waals surface area contributed by atoms with Crippen LogP contribution in [-0.4, -0.2) is 39.8 Å². The molecular formula is C20H25FN2O4S. The highest BCUT2D eigenvalue weighted by Gasteiger charge is 2.31. The molecule has 1 amide bonds. The van der Waals surface area contributed by atoms with Gasteiger partial charge in [0.1, 0.15) is 11.9 Å². The summed E-state index contributed by atoms with van der Waals surface area (Å²) in [6, 6.07) is 13.7. The van der Waals surface area contributed by atoms with Gasteiger partial charge in [-0.1, -0.05) is 37.3 Å². The van der Waals surface area contributed by atoms with Gasteiger partial charge < -0.3 is 10.1 Å². The molecule has 1 N–H and O–H groups in total. The second-order valence-corrected chi connectivity index (χ2v) is 8.15. The van der Waals surface area contributed by atoms with Gasteiger partial charge in [0, 0.05) is 6.54 Å². The Bertz CT molecular complexity index is 858. The van der Waals surface area contributed by atoms with Crippen molar-refractivity contribution in [1.29, 1.82) is 0 Å². The van der Waals surface area contributed by atoms with Crippen molar-refractivity contribution in [3.63, 3.8) is 0 Å². The summed E-state index contributed by atoms with van der Waals surface area (Å²) in [5.74, 6) is -0.911. The van der Waals surface area contributed by atoms with E-state index in [9.17, 15) is 17.6 Å². The molecule has 152 valence electrons. The Kier molecular flexibility index (Phi) is 7.95. The minimum Gasteiger partial charge on any atom is -0.375 e. The third-order valence-corrected chi connectivity index (χ3v) is 5.25. The summed E-state index contributed by atoms with van der Waals surface area (Å²) in [5.41, 5.74) is 1.27. The van der Waals surface area contributed by atoms with Gasteiger partial charge in [-0.25, -0.2) is 12.8 Å². The predicted octanol–water partition coefficient (Wildman–Crippen LogP) is 2.70. The van der Waals surface area contributed by atoms with Gasteiger partial charge in [-0.3, -0.25) is 9.10 Å². The second-order valence-electron chi connectivity index (χ2n) is 6.29.